The van der Waals surface area contributed by atoms with Gasteiger partial charge in [0.25, 0.3) is 0 Å². The summed E-state index contributed by atoms with van der Waals surface area (Å²) in [5, 5.41) is 0.758. The molecule has 0 aromatic heterocycles. The van der Waals surface area contributed by atoms with E-state index in [1.54, 1.807) is 0 Å². The first-order valence-corrected chi connectivity index (χ1v) is 7.96. The third-order valence-corrected chi connectivity index (χ3v) is 4.65. The summed E-state index contributed by atoms with van der Waals surface area (Å²) in [5.41, 5.74) is 7.09. The van der Waals surface area contributed by atoms with Crippen molar-refractivity contribution in [1.82, 2.24) is 4.90 Å². The average molecular weight is 310 g/mol. The number of amides is 1. The van der Waals surface area contributed by atoms with E-state index >= 15 is 0 Å². The lowest BCUT2D eigenvalue weighted by atomic mass is 9.98. The van der Waals surface area contributed by atoms with Crippen LogP contribution in [0.25, 0.3) is 0 Å². The number of carbonyl (C=O) groups excluding carboxylic acids is 1. The fraction of sp³-hybridized carbons (Fsp3) is 0.562. The number of hydrogen-bond donors (Lipinski definition) is 1. The van der Waals surface area contributed by atoms with E-state index in [0.29, 0.717) is 13.1 Å². The van der Waals surface area contributed by atoms with Gasteiger partial charge in [0.1, 0.15) is 0 Å². The molecule has 1 aliphatic rings. The molecule has 2 atom stereocenters. The highest BCUT2D eigenvalue weighted by Crippen LogP contribution is 2.26. The van der Waals surface area contributed by atoms with Crippen molar-refractivity contribution in [3.8, 4) is 0 Å². The smallest absolute Gasteiger partial charge is 0.239 e. The van der Waals surface area contributed by atoms with Gasteiger partial charge in [0.2, 0.25) is 5.91 Å². The van der Waals surface area contributed by atoms with Gasteiger partial charge in [-0.1, -0.05) is 44.0 Å². The Hall–Kier alpha value is -1.26. The molecule has 116 valence electrons. The van der Waals surface area contributed by atoms with Gasteiger partial charge in [-0.15, -0.1) is 0 Å². The lowest BCUT2D eigenvalue weighted by molar-refractivity contribution is -0.134. The molecule has 2 rings (SSSR count). The summed E-state index contributed by atoms with van der Waals surface area (Å²) >= 11 is 6.23. The SMILES string of the molecule is CCC(C)C(N)C(=O)N1CCN(c2ccccc2Cl)CC1. The molecule has 0 aliphatic carbocycles. The zero-order valence-electron chi connectivity index (χ0n) is 12.8. The molecule has 21 heavy (non-hydrogen) atoms. The number of hydrogen-bond acceptors (Lipinski definition) is 3. The molecule has 1 heterocycles. The Balaban J connectivity index is 1.94. The number of piperazine rings is 1. The minimum absolute atomic E-state index is 0.0724. The highest BCUT2D eigenvalue weighted by molar-refractivity contribution is 6.33. The first-order valence-electron chi connectivity index (χ1n) is 7.58. The lowest BCUT2D eigenvalue weighted by Crippen LogP contribution is -2.54. The normalized spacial score (nSPS) is 18.5. The van der Waals surface area contributed by atoms with E-state index in [-0.39, 0.29) is 17.9 Å². The molecular weight excluding hydrogens is 286 g/mol. The van der Waals surface area contributed by atoms with Crippen LogP contribution in [0.5, 0.6) is 0 Å². The van der Waals surface area contributed by atoms with Gasteiger partial charge in [-0.2, -0.15) is 0 Å². The number of halogens is 1. The summed E-state index contributed by atoms with van der Waals surface area (Å²) in [6.07, 6.45) is 0.923. The Kier molecular flexibility index (Phi) is 5.48. The van der Waals surface area contributed by atoms with Crippen LogP contribution in [0.15, 0.2) is 24.3 Å². The molecular formula is C16H24ClN3O. The highest BCUT2D eigenvalue weighted by Gasteiger charge is 2.28. The van der Waals surface area contributed by atoms with E-state index in [1.165, 1.54) is 0 Å². The maximum absolute atomic E-state index is 12.4. The summed E-state index contributed by atoms with van der Waals surface area (Å²) in [6, 6.07) is 7.44. The van der Waals surface area contributed by atoms with Crippen LogP contribution in [0.3, 0.4) is 0 Å². The second kappa shape index (κ2) is 7.14. The van der Waals surface area contributed by atoms with Crippen molar-refractivity contribution in [3.63, 3.8) is 0 Å². The van der Waals surface area contributed by atoms with Crippen molar-refractivity contribution < 1.29 is 4.79 Å². The van der Waals surface area contributed by atoms with Gasteiger partial charge in [-0.05, 0) is 18.1 Å². The van der Waals surface area contributed by atoms with Gasteiger partial charge < -0.3 is 15.5 Å². The van der Waals surface area contributed by atoms with Crippen LogP contribution >= 0.6 is 11.6 Å². The van der Waals surface area contributed by atoms with Crippen molar-refractivity contribution in [3.05, 3.63) is 29.3 Å². The number of para-hydroxylation sites is 1. The van der Waals surface area contributed by atoms with Crippen LogP contribution in [0.2, 0.25) is 5.02 Å². The van der Waals surface area contributed by atoms with Gasteiger partial charge >= 0.3 is 0 Å². The Labute approximate surface area is 131 Å². The monoisotopic (exact) mass is 309 g/mol. The third-order valence-electron chi connectivity index (χ3n) is 4.33. The molecule has 0 spiro atoms. The van der Waals surface area contributed by atoms with E-state index in [9.17, 15) is 4.79 Å². The summed E-state index contributed by atoms with van der Waals surface area (Å²) < 4.78 is 0. The molecule has 1 saturated heterocycles. The topological polar surface area (TPSA) is 49.6 Å². The molecule has 1 aromatic rings. The molecule has 2 unspecified atom stereocenters. The van der Waals surface area contributed by atoms with Crippen LogP contribution in [0, 0.1) is 5.92 Å². The number of nitrogens with zero attached hydrogens (tertiary/aromatic N) is 2. The average Bonchev–Trinajstić information content (AvgIpc) is 2.53. The van der Waals surface area contributed by atoms with Gasteiger partial charge in [0, 0.05) is 26.2 Å². The Morgan fingerprint density at radius 3 is 2.48 bits per heavy atom. The molecule has 1 fully saturated rings. The molecule has 0 saturated carbocycles. The van der Waals surface area contributed by atoms with Crippen LogP contribution in [-0.4, -0.2) is 43.0 Å². The van der Waals surface area contributed by atoms with Gasteiger partial charge in [0.05, 0.1) is 16.8 Å². The minimum Gasteiger partial charge on any atom is -0.367 e. The van der Waals surface area contributed by atoms with Gasteiger partial charge in [-0.25, -0.2) is 0 Å². The fourth-order valence-electron chi connectivity index (χ4n) is 2.58. The summed E-state index contributed by atoms with van der Waals surface area (Å²) in [7, 11) is 0. The molecule has 2 N–H and O–H groups in total. The van der Waals surface area contributed by atoms with Gasteiger partial charge in [0.15, 0.2) is 0 Å². The van der Waals surface area contributed by atoms with Crippen molar-refractivity contribution >= 4 is 23.2 Å². The molecule has 0 bridgehead atoms. The molecule has 1 amide bonds. The molecule has 1 aromatic carbocycles. The fourth-order valence-corrected chi connectivity index (χ4v) is 2.84. The van der Waals surface area contributed by atoms with Gasteiger partial charge in [-0.3, -0.25) is 4.79 Å². The number of benzene rings is 1. The molecule has 1 aliphatic heterocycles. The van der Waals surface area contributed by atoms with E-state index in [0.717, 1.165) is 30.2 Å². The van der Waals surface area contributed by atoms with Crippen molar-refractivity contribution in [2.45, 2.75) is 26.3 Å². The Bertz CT molecular complexity index is 486. The number of rotatable bonds is 4. The number of nitrogens with two attached hydrogens (primary N) is 1. The number of anilines is 1. The zero-order valence-corrected chi connectivity index (χ0v) is 13.5. The van der Waals surface area contributed by atoms with E-state index in [2.05, 4.69) is 11.8 Å². The first kappa shape index (κ1) is 16.1. The van der Waals surface area contributed by atoms with Crippen LogP contribution < -0.4 is 10.6 Å². The second-order valence-corrected chi connectivity index (χ2v) is 6.08. The third kappa shape index (κ3) is 3.69. The van der Waals surface area contributed by atoms with E-state index in [1.807, 2.05) is 36.1 Å². The molecule has 0 radical (unpaired) electrons. The zero-order chi connectivity index (χ0) is 15.4. The first-order chi connectivity index (χ1) is 10.0. The maximum atomic E-state index is 12.4. The van der Waals surface area contributed by atoms with Crippen molar-refractivity contribution in [2.75, 3.05) is 31.1 Å². The van der Waals surface area contributed by atoms with E-state index < -0.39 is 0 Å². The Morgan fingerprint density at radius 2 is 1.90 bits per heavy atom. The predicted molar refractivity (Wildman–Crippen MR) is 87.7 cm³/mol. The second-order valence-electron chi connectivity index (χ2n) is 5.68. The highest BCUT2D eigenvalue weighted by atomic mass is 35.5. The minimum atomic E-state index is -0.387. The summed E-state index contributed by atoms with van der Waals surface area (Å²) in [6.45, 7) is 7.09. The molecule has 4 nitrogen and oxygen atoms in total. The van der Waals surface area contributed by atoms with Crippen molar-refractivity contribution in [2.24, 2.45) is 11.7 Å². The lowest BCUT2D eigenvalue weighted by Gasteiger charge is -2.38. The maximum Gasteiger partial charge on any atom is 0.239 e. The number of carbonyl (C=O) groups is 1. The van der Waals surface area contributed by atoms with E-state index in [4.69, 9.17) is 17.3 Å². The van der Waals surface area contributed by atoms with Crippen LogP contribution in [0.1, 0.15) is 20.3 Å². The summed E-state index contributed by atoms with van der Waals surface area (Å²) in [5.74, 6) is 0.294. The quantitative estimate of drug-likeness (QED) is 0.929. The predicted octanol–water partition coefficient (Wildman–Crippen LogP) is 2.36. The van der Waals surface area contributed by atoms with Crippen LogP contribution in [-0.2, 0) is 4.79 Å². The molecule has 5 heteroatoms. The largest absolute Gasteiger partial charge is 0.367 e. The standard InChI is InChI=1S/C16H24ClN3O/c1-3-12(2)15(18)16(21)20-10-8-19(9-11-20)14-7-5-4-6-13(14)17/h4-7,12,15H,3,8-11,18H2,1-2H3. The van der Waals surface area contributed by atoms with Crippen LogP contribution in [0.4, 0.5) is 5.69 Å². The summed E-state index contributed by atoms with van der Waals surface area (Å²) in [4.78, 5) is 16.5. The Morgan fingerprint density at radius 1 is 1.29 bits per heavy atom. The van der Waals surface area contributed by atoms with Crippen molar-refractivity contribution in [1.29, 1.82) is 0 Å².